The summed E-state index contributed by atoms with van der Waals surface area (Å²) in [7, 11) is 0. The summed E-state index contributed by atoms with van der Waals surface area (Å²) in [6.07, 6.45) is 3.18. The average Bonchev–Trinajstić information content (AvgIpc) is 2.93. The van der Waals surface area contributed by atoms with Gasteiger partial charge in [0.15, 0.2) is 0 Å². The third-order valence-corrected chi connectivity index (χ3v) is 4.60. The lowest BCUT2D eigenvalue weighted by atomic mass is 9.78. The van der Waals surface area contributed by atoms with Gasteiger partial charge in [-0.3, -0.25) is 19.8 Å². The molecule has 0 saturated carbocycles. The molecule has 0 radical (unpaired) electrons. The van der Waals surface area contributed by atoms with E-state index in [0.29, 0.717) is 25.9 Å². The van der Waals surface area contributed by atoms with Crippen LogP contribution in [0.5, 0.6) is 0 Å². The number of nitrogens with one attached hydrogen (secondary N) is 1. The SMILES string of the molecule is CCC1(CC)C(=O)NC(=O)N(CCN2CCCC2)C1=O. The molecule has 0 bridgehead atoms. The Morgan fingerprint density at radius 1 is 1.05 bits per heavy atom. The summed E-state index contributed by atoms with van der Waals surface area (Å²) in [4.78, 5) is 39.9. The Hall–Kier alpha value is -1.43. The highest BCUT2D eigenvalue weighted by molar-refractivity contribution is 6.19. The topological polar surface area (TPSA) is 69.7 Å². The van der Waals surface area contributed by atoms with Gasteiger partial charge in [0.25, 0.3) is 0 Å². The standard InChI is InChI=1S/C14H23N3O3/c1-3-14(4-2)11(18)15-13(20)17(12(14)19)10-9-16-7-5-6-8-16/h3-10H2,1-2H3,(H,15,18,20). The second kappa shape index (κ2) is 5.91. The van der Waals surface area contributed by atoms with Gasteiger partial charge in [0, 0.05) is 13.1 Å². The molecule has 20 heavy (non-hydrogen) atoms. The van der Waals surface area contributed by atoms with Gasteiger partial charge in [0.05, 0.1) is 0 Å². The van der Waals surface area contributed by atoms with Gasteiger partial charge in [-0.25, -0.2) is 4.79 Å². The van der Waals surface area contributed by atoms with Gasteiger partial charge in [0.1, 0.15) is 5.41 Å². The molecule has 0 unspecified atom stereocenters. The Bertz CT molecular complexity index is 412. The van der Waals surface area contributed by atoms with Crippen molar-refractivity contribution in [1.29, 1.82) is 0 Å². The van der Waals surface area contributed by atoms with Crippen LogP contribution >= 0.6 is 0 Å². The van der Waals surface area contributed by atoms with Crippen LogP contribution in [0.4, 0.5) is 4.79 Å². The zero-order chi connectivity index (χ0) is 14.8. The summed E-state index contributed by atoms with van der Waals surface area (Å²) < 4.78 is 0. The van der Waals surface area contributed by atoms with E-state index in [9.17, 15) is 14.4 Å². The van der Waals surface area contributed by atoms with Gasteiger partial charge in [-0.2, -0.15) is 0 Å². The minimum absolute atomic E-state index is 0.338. The van der Waals surface area contributed by atoms with E-state index >= 15 is 0 Å². The lowest BCUT2D eigenvalue weighted by molar-refractivity contribution is -0.152. The van der Waals surface area contributed by atoms with Crippen molar-refractivity contribution in [3.05, 3.63) is 0 Å². The van der Waals surface area contributed by atoms with Crippen LogP contribution in [0.15, 0.2) is 0 Å². The van der Waals surface area contributed by atoms with Crippen LogP contribution in [0, 0.1) is 5.41 Å². The van der Waals surface area contributed by atoms with E-state index in [2.05, 4.69) is 10.2 Å². The normalized spacial score (nSPS) is 23.3. The van der Waals surface area contributed by atoms with Crippen molar-refractivity contribution in [2.45, 2.75) is 39.5 Å². The van der Waals surface area contributed by atoms with E-state index in [0.717, 1.165) is 13.1 Å². The van der Waals surface area contributed by atoms with Gasteiger partial charge < -0.3 is 4.90 Å². The van der Waals surface area contributed by atoms with Gasteiger partial charge in [-0.1, -0.05) is 13.8 Å². The molecule has 0 atom stereocenters. The highest BCUT2D eigenvalue weighted by Crippen LogP contribution is 2.32. The Morgan fingerprint density at radius 2 is 1.65 bits per heavy atom. The predicted molar refractivity (Wildman–Crippen MR) is 73.9 cm³/mol. The maximum absolute atomic E-state index is 12.6. The number of imide groups is 2. The van der Waals surface area contributed by atoms with E-state index in [1.54, 1.807) is 0 Å². The molecule has 2 heterocycles. The second-order valence-electron chi connectivity index (χ2n) is 5.55. The summed E-state index contributed by atoms with van der Waals surface area (Å²) >= 11 is 0. The molecular formula is C14H23N3O3. The molecule has 0 spiro atoms. The summed E-state index contributed by atoms with van der Waals surface area (Å²) in [5.74, 6) is -0.787. The average molecular weight is 281 g/mol. The number of carbonyl (C=O) groups excluding carboxylic acids is 3. The van der Waals surface area contributed by atoms with Crippen LogP contribution in [0.1, 0.15) is 39.5 Å². The largest absolute Gasteiger partial charge is 0.330 e. The summed E-state index contributed by atoms with van der Waals surface area (Å²) in [5.41, 5.74) is -1.07. The number of rotatable bonds is 5. The summed E-state index contributed by atoms with van der Waals surface area (Å²) in [6.45, 7) is 6.73. The molecule has 2 saturated heterocycles. The van der Waals surface area contributed by atoms with Crippen molar-refractivity contribution < 1.29 is 14.4 Å². The fourth-order valence-electron chi connectivity index (χ4n) is 3.06. The number of hydrogen-bond donors (Lipinski definition) is 1. The Kier molecular flexibility index (Phi) is 4.42. The number of carbonyl (C=O) groups is 3. The van der Waals surface area contributed by atoms with E-state index in [4.69, 9.17) is 0 Å². The van der Waals surface area contributed by atoms with Crippen LogP contribution in [0.25, 0.3) is 0 Å². The zero-order valence-corrected chi connectivity index (χ0v) is 12.3. The number of nitrogens with zero attached hydrogens (tertiary/aromatic N) is 2. The highest BCUT2D eigenvalue weighted by Gasteiger charge is 2.51. The molecule has 4 amide bonds. The van der Waals surface area contributed by atoms with E-state index in [-0.39, 0.29) is 5.91 Å². The van der Waals surface area contributed by atoms with Crippen LogP contribution in [0.3, 0.4) is 0 Å². The monoisotopic (exact) mass is 281 g/mol. The number of urea groups is 1. The molecule has 0 aliphatic carbocycles. The van der Waals surface area contributed by atoms with Crippen LogP contribution < -0.4 is 5.32 Å². The van der Waals surface area contributed by atoms with E-state index in [1.165, 1.54) is 17.7 Å². The molecule has 6 nitrogen and oxygen atoms in total. The molecule has 112 valence electrons. The Balaban J connectivity index is 2.08. The maximum atomic E-state index is 12.6. The van der Waals surface area contributed by atoms with Crippen molar-refractivity contribution in [3.8, 4) is 0 Å². The van der Waals surface area contributed by atoms with E-state index in [1.807, 2.05) is 13.8 Å². The third-order valence-electron chi connectivity index (χ3n) is 4.60. The molecule has 6 heteroatoms. The zero-order valence-electron chi connectivity index (χ0n) is 12.3. The number of barbiturate groups is 1. The van der Waals surface area contributed by atoms with Gasteiger partial charge in [-0.15, -0.1) is 0 Å². The fraction of sp³-hybridized carbons (Fsp3) is 0.786. The van der Waals surface area contributed by atoms with Crippen LogP contribution in [0.2, 0.25) is 0 Å². The summed E-state index contributed by atoms with van der Waals surface area (Å²) in [6, 6.07) is -0.572. The molecule has 1 N–H and O–H groups in total. The first kappa shape index (κ1) is 15.0. The van der Waals surface area contributed by atoms with Crippen molar-refractivity contribution in [2.24, 2.45) is 5.41 Å². The van der Waals surface area contributed by atoms with E-state index < -0.39 is 17.4 Å². The summed E-state index contributed by atoms with van der Waals surface area (Å²) in [5, 5.41) is 2.34. The first-order valence-corrected chi connectivity index (χ1v) is 7.45. The molecule has 2 aliphatic rings. The number of hydrogen-bond acceptors (Lipinski definition) is 4. The predicted octanol–water partition coefficient (Wildman–Crippen LogP) is 0.967. The number of likely N-dealkylation sites (tertiary alicyclic amines) is 1. The fourth-order valence-corrected chi connectivity index (χ4v) is 3.06. The Labute approximate surface area is 119 Å². The van der Waals surface area contributed by atoms with Crippen molar-refractivity contribution in [3.63, 3.8) is 0 Å². The van der Waals surface area contributed by atoms with Crippen LogP contribution in [-0.4, -0.2) is 53.8 Å². The molecule has 2 rings (SSSR count). The maximum Gasteiger partial charge on any atom is 0.330 e. The Morgan fingerprint density at radius 3 is 2.20 bits per heavy atom. The molecule has 2 fully saturated rings. The lowest BCUT2D eigenvalue weighted by Crippen LogP contribution is -2.64. The molecule has 0 aromatic rings. The first-order chi connectivity index (χ1) is 9.55. The van der Waals surface area contributed by atoms with Gasteiger partial charge in [0.2, 0.25) is 11.8 Å². The van der Waals surface area contributed by atoms with Crippen molar-refractivity contribution in [1.82, 2.24) is 15.1 Å². The van der Waals surface area contributed by atoms with Crippen molar-refractivity contribution in [2.75, 3.05) is 26.2 Å². The van der Waals surface area contributed by atoms with Crippen LogP contribution in [-0.2, 0) is 9.59 Å². The molecule has 0 aromatic carbocycles. The number of amides is 4. The molecular weight excluding hydrogens is 258 g/mol. The minimum atomic E-state index is -1.07. The third kappa shape index (κ3) is 2.44. The molecule has 2 aliphatic heterocycles. The van der Waals surface area contributed by atoms with Crippen molar-refractivity contribution >= 4 is 17.8 Å². The smallest absolute Gasteiger partial charge is 0.302 e. The molecule has 0 aromatic heterocycles. The highest BCUT2D eigenvalue weighted by atomic mass is 16.2. The lowest BCUT2D eigenvalue weighted by Gasteiger charge is -2.38. The van der Waals surface area contributed by atoms with Gasteiger partial charge >= 0.3 is 6.03 Å². The van der Waals surface area contributed by atoms with Gasteiger partial charge in [-0.05, 0) is 38.8 Å². The second-order valence-corrected chi connectivity index (χ2v) is 5.55. The first-order valence-electron chi connectivity index (χ1n) is 7.45. The quantitative estimate of drug-likeness (QED) is 0.762. The minimum Gasteiger partial charge on any atom is -0.302 e.